The standard InChI is InChI=1S/C26H33FN4OS/c1-4-31-18-22(19(2)28-31)17-30-13-11-20(12-14-30)24(16-21-8-5-6-9-23(21)27)29(3)26(32)25-10-7-15-33-25/h5-10,15,18,20,24H,4,11-14,16-17H2,1-3H3. The lowest BCUT2D eigenvalue weighted by Crippen LogP contribution is -2.47. The van der Waals surface area contributed by atoms with Crippen molar-refractivity contribution < 1.29 is 9.18 Å². The first kappa shape index (κ1) is 23.6. The number of amides is 1. The first-order valence-corrected chi connectivity index (χ1v) is 12.6. The van der Waals surface area contributed by atoms with Gasteiger partial charge in [0.1, 0.15) is 5.82 Å². The number of carbonyl (C=O) groups is 1. The summed E-state index contributed by atoms with van der Waals surface area (Å²) in [6.07, 6.45) is 4.66. The van der Waals surface area contributed by atoms with Crippen molar-refractivity contribution in [1.29, 1.82) is 0 Å². The van der Waals surface area contributed by atoms with Crippen LogP contribution in [0.4, 0.5) is 4.39 Å². The zero-order chi connectivity index (χ0) is 23.4. The van der Waals surface area contributed by atoms with Gasteiger partial charge in [0, 0.05) is 37.9 Å². The molecule has 0 radical (unpaired) electrons. The van der Waals surface area contributed by atoms with Crippen LogP contribution in [0.1, 0.15) is 46.3 Å². The number of piperidine rings is 1. The number of halogens is 1. The van der Waals surface area contributed by atoms with Gasteiger partial charge >= 0.3 is 0 Å². The Balaban J connectivity index is 1.47. The van der Waals surface area contributed by atoms with Gasteiger partial charge in [-0.3, -0.25) is 14.4 Å². The summed E-state index contributed by atoms with van der Waals surface area (Å²) in [6.45, 7) is 7.90. The first-order chi connectivity index (χ1) is 16.0. The maximum atomic E-state index is 14.5. The van der Waals surface area contributed by atoms with Gasteiger partial charge in [-0.25, -0.2) is 4.39 Å². The monoisotopic (exact) mass is 468 g/mol. The van der Waals surface area contributed by atoms with E-state index in [1.54, 1.807) is 6.07 Å². The molecule has 1 aliphatic rings. The van der Waals surface area contributed by atoms with E-state index in [1.165, 1.54) is 23.0 Å². The molecule has 0 N–H and O–H groups in total. The SMILES string of the molecule is CCn1cc(CN2CCC(C(Cc3ccccc3F)N(C)C(=O)c3cccs3)CC2)c(C)n1. The molecule has 7 heteroatoms. The molecule has 0 spiro atoms. The molecule has 1 saturated heterocycles. The minimum Gasteiger partial charge on any atom is -0.337 e. The van der Waals surface area contributed by atoms with Crippen molar-refractivity contribution in [2.24, 2.45) is 5.92 Å². The summed E-state index contributed by atoms with van der Waals surface area (Å²) in [4.78, 5) is 18.2. The van der Waals surface area contributed by atoms with Crippen LogP contribution in [0.5, 0.6) is 0 Å². The zero-order valence-corrected chi connectivity index (χ0v) is 20.5. The molecule has 2 aromatic heterocycles. The van der Waals surface area contributed by atoms with Gasteiger partial charge in [0.05, 0.1) is 10.6 Å². The number of thiophene rings is 1. The van der Waals surface area contributed by atoms with Crippen LogP contribution in [0.3, 0.4) is 0 Å². The molecule has 4 rings (SSSR count). The Bertz CT molecular complexity index is 1060. The lowest BCUT2D eigenvalue weighted by molar-refractivity contribution is 0.0587. The summed E-state index contributed by atoms with van der Waals surface area (Å²) >= 11 is 1.46. The topological polar surface area (TPSA) is 41.4 Å². The van der Waals surface area contributed by atoms with E-state index in [0.29, 0.717) is 17.9 Å². The number of hydrogen-bond acceptors (Lipinski definition) is 4. The Morgan fingerprint density at radius 2 is 1.97 bits per heavy atom. The third-order valence-electron chi connectivity index (χ3n) is 6.88. The molecule has 1 amide bonds. The molecule has 33 heavy (non-hydrogen) atoms. The van der Waals surface area contributed by atoms with Crippen LogP contribution >= 0.6 is 11.3 Å². The summed E-state index contributed by atoms with van der Waals surface area (Å²) in [5, 5.41) is 6.50. The van der Waals surface area contributed by atoms with E-state index in [1.807, 2.05) is 46.3 Å². The first-order valence-electron chi connectivity index (χ1n) is 11.8. The molecule has 1 aromatic carbocycles. The van der Waals surface area contributed by atoms with Crippen LogP contribution in [-0.4, -0.2) is 51.7 Å². The van der Waals surface area contributed by atoms with E-state index in [2.05, 4.69) is 30.0 Å². The lowest BCUT2D eigenvalue weighted by Gasteiger charge is -2.40. The molecule has 176 valence electrons. The smallest absolute Gasteiger partial charge is 0.263 e. The minimum atomic E-state index is -0.194. The molecule has 1 fully saturated rings. The van der Waals surface area contributed by atoms with Gasteiger partial charge in [-0.2, -0.15) is 5.10 Å². The number of aromatic nitrogens is 2. The van der Waals surface area contributed by atoms with Crippen molar-refractivity contribution in [2.75, 3.05) is 20.1 Å². The van der Waals surface area contributed by atoms with Crippen LogP contribution in [0.15, 0.2) is 48.0 Å². The largest absolute Gasteiger partial charge is 0.337 e. The van der Waals surface area contributed by atoms with Crippen LogP contribution in [0.2, 0.25) is 0 Å². The minimum absolute atomic E-state index is 0.0244. The highest BCUT2D eigenvalue weighted by atomic mass is 32.1. The van der Waals surface area contributed by atoms with E-state index < -0.39 is 0 Å². The number of aryl methyl sites for hydroxylation is 2. The average Bonchev–Trinajstić information content (AvgIpc) is 3.48. The lowest BCUT2D eigenvalue weighted by atomic mass is 9.84. The van der Waals surface area contributed by atoms with Crippen molar-refractivity contribution in [3.8, 4) is 0 Å². The van der Waals surface area contributed by atoms with Crippen molar-refractivity contribution in [1.82, 2.24) is 19.6 Å². The number of likely N-dealkylation sites (tertiary alicyclic amines) is 1. The highest BCUT2D eigenvalue weighted by Gasteiger charge is 2.33. The fourth-order valence-electron chi connectivity index (χ4n) is 4.85. The number of likely N-dealkylation sites (N-methyl/N-ethyl adjacent to an activating group) is 1. The Hall–Kier alpha value is -2.51. The summed E-state index contributed by atoms with van der Waals surface area (Å²) in [6, 6.07) is 10.7. The maximum Gasteiger partial charge on any atom is 0.263 e. The normalized spacial score (nSPS) is 16.1. The Kier molecular flexibility index (Phi) is 7.60. The van der Waals surface area contributed by atoms with Gasteiger partial charge in [0.15, 0.2) is 0 Å². The summed E-state index contributed by atoms with van der Waals surface area (Å²) in [5.41, 5.74) is 3.05. The number of benzene rings is 1. The van der Waals surface area contributed by atoms with Gasteiger partial charge < -0.3 is 4.90 Å². The number of carbonyl (C=O) groups excluding carboxylic acids is 1. The van der Waals surface area contributed by atoms with Gasteiger partial charge in [0.2, 0.25) is 0 Å². The van der Waals surface area contributed by atoms with E-state index in [0.717, 1.165) is 49.6 Å². The molecule has 0 saturated carbocycles. The van der Waals surface area contributed by atoms with Crippen LogP contribution in [0, 0.1) is 18.7 Å². The molecule has 5 nitrogen and oxygen atoms in total. The van der Waals surface area contributed by atoms with E-state index in [4.69, 9.17) is 0 Å². The van der Waals surface area contributed by atoms with Gasteiger partial charge in [-0.1, -0.05) is 24.3 Å². The average molecular weight is 469 g/mol. The Labute approximate surface area is 199 Å². The molecular formula is C26H33FN4OS. The summed E-state index contributed by atoms with van der Waals surface area (Å²) < 4.78 is 16.5. The third-order valence-corrected chi connectivity index (χ3v) is 7.74. The molecule has 1 atom stereocenters. The van der Waals surface area contributed by atoms with Crippen LogP contribution in [0.25, 0.3) is 0 Å². The predicted octanol–water partition coefficient (Wildman–Crippen LogP) is 5.01. The highest BCUT2D eigenvalue weighted by Crippen LogP contribution is 2.29. The summed E-state index contributed by atoms with van der Waals surface area (Å²) in [7, 11) is 1.88. The second-order valence-corrected chi connectivity index (χ2v) is 9.91. The maximum absolute atomic E-state index is 14.5. The quantitative estimate of drug-likeness (QED) is 0.467. The molecule has 3 aromatic rings. The number of nitrogens with zero attached hydrogens (tertiary/aromatic N) is 4. The van der Waals surface area contributed by atoms with Gasteiger partial charge in [-0.15, -0.1) is 11.3 Å². The summed E-state index contributed by atoms with van der Waals surface area (Å²) in [5.74, 6) is 0.158. The van der Waals surface area contributed by atoms with Crippen molar-refractivity contribution in [2.45, 2.75) is 52.2 Å². The molecule has 0 aliphatic carbocycles. The molecule has 0 bridgehead atoms. The highest BCUT2D eigenvalue weighted by molar-refractivity contribution is 7.12. The molecule has 1 aliphatic heterocycles. The Morgan fingerprint density at radius 3 is 2.61 bits per heavy atom. The molecule has 1 unspecified atom stereocenters. The molecular weight excluding hydrogens is 435 g/mol. The fourth-order valence-corrected chi connectivity index (χ4v) is 5.55. The van der Waals surface area contributed by atoms with Crippen molar-refractivity contribution >= 4 is 17.2 Å². The van der Waals surface area contributed by atoms with E-state index in [9.17, 15) is 9.18 Å². The second kappa shape index (κ2) is 10.6. The van der Waals surface area contributed by atoms with Crippen LogP contribution < -0.4 is 0 Å². The predicted molar refractivity (Wildman–Crippen MR) is 131 cm³/mol. The van der Waals surface area contributed by atoms with Crippen LogP contribution in [-0.2, 0) is 19.5 Å². The number of hydrogen-bond donors (Lipinski definition) is 0. The van der Waals surface area contributed by atoms with Crippen molar-refractivity contribution in [3.05, 3.63) is 75.5 Å². The van der Waals surface area contributed by atoms with Gasteiger partial charge in [-0.05, 0) is 75.2 Å². The second-order valence-electron chi connectivity index (χ2n) is 8.97. The Morgan fingerprint density at radius 1 is 1.21 bits per heavy atom. The van der Waals surface area contributed by atoms with Gasteiger partial charge in [0.25, 0.3) is 5.91 Å². The fraction of sp³-hybridized carbons (Fsp3) is 0.462. The van der Waals surface area contributed by atoms with E-state index >= 15 is 0 Å². The molecule has 3 heterocycles. The van der Waals surface area contributed by atoms with Crippen molar-refractivity contribution in [3.63, 3.8) is 0 Å². The van der Waals surface area contributed by atoms with E-state index in [-0.39, 0.29) is 17.8 Å². The third kappa shape index (κ3) is 5.53. The number of rotatable bonds is 8. The zero-order valence-electron chi connectivity index (χ0n) is 19.7.